The van der Waals surface area contributed by atoms with Crippen LogP contribution in [0.1, 0.15) is 40.1 Å². The van der Waals surface area contributed by atoms with Crippen molar-refractivity contribution in [1.29, 1.82) is 0 Å². The van der Waals surface area contributed by atoms with E-state index in [1.807, 2.05) is 0 Å². The number of pyridine rings is 1. The molecular formula is C19H22N8O2. The number of likely N-dealkylation sites (tertiary alicyclic amines) is 1. The lowest BCUT2D eigenvalue weighted by Crippen LogP contribution is -2.42. The molecule has 1 aliphatic heterocycles. The molecule has 3 aromatic heterocycles. The topological polar surface area (TPSA) is 109 Å². The fourth-order valence-electron chi connectivity index (χ4n) is 3.34. The molecule has 29 heavy (non-hydrogen) atoms. The summed E-state index contributed by atoms with van der Waals surface area (Å²) in [5, 5.41) is 14.6. The normalized spacial score (nSPS) is 16.0. The van der Waals surface area contributed by atoms with Gasteiger partial charge in [0, 0.05) is 44.6 Å². The molecule has 0 aromatic carbocycles. The maximum absolute atomic E-state index is 12.9. The summed E-state index contributed by atoms with van der Waals surface area (Å²) in [4.78, 5) is 31.6. The Bertz CT molecular complexity index is 1090. The molecule has 1 saturated carbocycles. The lowest BCUT2D eigenvalue weighted by Gasteiger charge is -2.30. The Morgan fingerprint density at radius 1 is 1.28 bits per heavy atom. The van der Waals surface area contributed by atoms with Crippen LogP contribution >= 0.6 is 0 Å². The van der Waals surface area contributed by atoms with Crippen LogP contribution in [-0.4, -0.2) is 60.7 Å². The van der Waals surface area contributed by atoms with Crippen LogP contribution in [0.25, 0.3) is 5.65 Å². The smallest absolute Gasteiger partial charge is 0.274 e. The lowest BCUT2D eigenvalue weighted by molar-refractivity contribution is 0.0648. The summed E-state index contributed by atoms with van der Waals surface area (Å²) in [6, 6.07) is 3.50. The number of hydrogen-bond acceptors (Lipinski definition) is 6. The van der Waals surface area contributed by atoms with E-state index in [4.69, 9.17) is 0 Å². The Kier molecular flexibility index (Phi) is 4.18. The molecule has 2 aliphatic rings. The second-order valence-corrected chi connectivity index (χ2v) is 7.61. The quantitative estimate of drug-likeness (QED) is 0.654. The molecule has 4 heterocycles. The first-order chi connectivity index (χ1) is 14.1. The fourth-order valence-corrected chi connectivity index (χ4v) is 3.34. The summed E-state index contributed by atoms with van der Waals surface area (Å²) in [7, 11) is 1.65. The van der Waals surface area contributed by atoms with Gasteiger partial charge < -0.3 is 15.5 Å². The molecule has 2 N–H and O–H groups in total. The molecule has 10 nitrogen and oxygen atoms in total. The highest BCUT2D eigenvalue weighted by molar-refractivity contribution is 6.11. The molecule has 5 rings (SSSR count). The zero-order valence-corrected chi connectivity index (χ0v) is 16.1. The van der Waals surface area contributed by atoms with Gasteiger partial charge in [-0.05, 0) is 31.2 Å². The number of nitrogens with zero attached hydrogens (tertiary/aromatic N) is 6. The SMILES string of the molecule is Cn1ncc(C(=O)N2CCC2)c1C(=O)Nc1ccn2nc(NCC3CC3)nc2c1. The first-order valence-corrected chi connectivity index (χ1v) is 9.81. The van der Waals surface area contributed by atoms with Gasteiger partial charge in [0.1, 0.15) is 5.69 Å². The average molecular weight is 394 g/mol. The highest BCUT2D eigenvalue weighted by Gasteiger charge is 2.28. The number of anilines is 2. The van der Waals surface area contributed by atoms with Crippen molar-refractivity contribution >= 4 is 29.1 Å². The number of nitrogens with one attached hydrogen (secondary N) is 2. The molecule has 2 amide bonds. The standard InChI is InChI=1S/C19H22N8O2/c1-25-16(14(11-21-25)18(29)26-6-2-7-26)17(28)22-13-5-8-27-15(9-13)23-19(24-27)20-10-12-3-4-12/h5,8-9,11-12H,2-4,6-7,10H2,1H3,(H,20,24)(H,22,28). The van der Waals surface area contributed by atoms with Crippen molar-refractivity contribution in [1.82, 2.24) is 29.3 Å². The van der Waals surface area contributed by atoms with Gasteiger partial charge in [0.25, 0.3) is 11.8 Å². The van der Waals surface area contributed by atoms with Gasteiger partial charge in [0.05, 0.1) is 11.8 Å². The maximum Gasteiger partial charge on any atom is 0.274 e. The molecule has 10 heteroatoms. The predicted molar refractivity (Wildman–Crippen MR) is 106 cm³/mol. The number of hydrogen-bond donors (Lipinski definition) is 2. The number of aromatic nitrogens is 5. The summed E-state index contributed by atoms with van der Waals surface area (Å²) < 4.78 is 3.09. The van der Waals surface area contributed by atoms with Crippen LogP contribution in [0.2, 0.25) is 0 Å². The Balaban J connectivity index is 1.34. The average Bonchev–Trinajstić information content (AvgIpc) is 3.26. The molecule has 1 aliphatic carbocycles. The van der Waals surface area contributed by atoms with Crippen LogP contribution in [0.3, 0.4) is 0 Å². The number of carbonyl (C=O) groups is 2. The fraction of sp³-hybridized carbons (Fsp3) is 0.421. The van der Waals surface area contributed by atoms with Crippen LogP contribution in [0.15, 0.2) is 24.5 Å². The first kappa shape index (κ1) is 17.7. The molecule has 3 aromatic rings. The summed E-state index contributed by atoms with van der Waals surface area (Å²) >= 11 is 0. The van der Waals surface area contributed by atoms with Gasteiger partial charge in [-0.1, -0.05) is 0 Å². The predicted octanol–water partition coefficient (Wildman–Crippen LogP) is 1.38. The monoisotopic (exact) mass is 394 g/mol. The highest BCUT2D eigenvalue weighted by Crippen LogP contribution is 2.28. The van der Waals surface area contributed by atoms with E-state index in [-0.39, 0.29) is 17.5 Å². The van der Waals surface area contributed by atoms with Gasteiger partial charge in [-0.15, -0.1) is 5.10 Å². The zero-order valence-electron chi connectivity index (χ0n) is 16.1. The molecule has 2 fully saturated rings. The van der Waals surface area contributed by atoms with Crippen LogP contribution < -0.4 is 10.6 Å². The van der Waals surface area contributed by atoms with E-state index in [1.54, 1.807) is 34.8 Å². The third-order valence-corrected chi connectivity index (χ3v) is 5.37. The maximum atomic E-state index is 12.9. The summed E-state index contributed by atoms with van der Waals surface area (Å²) in [5.74, 6) is 0.761. The van der Waals surface area contributed by atoms with E-state index in [1.165, 1.54) is 23.7 Å². The number of carbonyl (C=O) groups excluding carboxylic acids is 2. The van der Waals surface area contributed by atoms with Gasteiger partial charge in [-0.2, -0.15) is 10.1 Å². The van der Waals surface area contributed by atoms with Gasteiger partial charge in [0.15, 0.2) is 5.65 Å². The van der Waals surface area contributed by atoms with Gasteiger partial charge in [-0.3, -0.25) is 14.3 Å². The van der Waals surface area contributed by atoms with Crippen molar-refractivity contribution in [3.63, 3.8) is 0 Å². The third-order valence-electron chi connectivity index (χ3n) is 5.37. The van der Waals surface area contributed by atoms with Crippen LogP contribution in [0.4, 0.5) is 11.6 Å². The summed E-state index contributed by atoms with van der Waals surface area (Å²) in [5.41, 5.74) is 1.77. The number of rotatable bonds is 6. The van der Waals surface area contributed by atoms with E-state index in [2.05, 4.69) is 25.8 Å². The van der Waals surface area contributed by atoms with Crippen LogP contribution in [-0.2, 0) is 7.05 Å². The zero-order chi connectivity index (χ0) is 20.0. The van der Waals surface area contributed by atoms with E-state index in [0.717, 1.165) is 32.0 Å². The highest BCUT2D eigenvalue weighted by atomic mass is 16.2. The molecule has 0 bridgehead atoms. The van der Waals surface area contributed by atoms with Crippen molar-refractivity contribution in [2.45, 2.75) is 19.3 Å². The van der Waals surface area contributed by atoms with Crippen molar-refractivity contribution in [2.75, 3.05) is 30.3 Å². The van der Waals surface area contributed by atoms with E-state index in [9.17, 15) is 9.59 Å². The van der Waals surface area contributed by atoms with E-state index < -0.39 is 0 Å². The second-order valence-electron chi connectivity index (χ2n) is 7.61. The lowest BCUT2D eigenvalue weighted by atomic mass is 10.1. The van der Waals surface area contributed by atoms with Crippen molar-refractivity contribution in [3.8, 4) is 0 Å². The molecule has 1 saturated heterocycles. The summed E-state index contributed by atoms with van der Waals surface area (Å²) in [6.45, 7) is 2.32. The minimum atomic E-state index is -0.384. The number of fused-ring (bicyclic) bond motifs is 1. The van der Waals surface area contributed by atoms with Gasteiger partial charge >= 0.3 is 0 Å². The molecule has 0 radical (unpaired) electrons. The first-order valence-electron chi connectivity index (χ1n) is 9.81. The molecule has 0 spiro atoms. The van der Waals surface area contributed by atoms with Gasteiger partial charge in [-0.25, -0.2) is 4.52 Å². The van der Waals surface area contributed by atoms with Crippen LogP contribution in [0, 0.1) is 5.92 Å². The van der Waals surface area contributed by atoms with E-state index >= 15 is 0 Å². The Hall–Kier alpha value is -3.43. The van der Waals surface area contributed by atoms with Gasteiger partial charge in [0.2, 0.25) is 5.95 Å². The Morgan fingerprint density at radius 2 is 2.10 bits per heavy atom. The number of aryl methyl sites for hydroxylation is 1. The third kappa shape index (κ3) is 3.41. The molecular weight excluding hydrogens is 372 g/mol. The summed E-state index contributed by atoms with van der Waals surface area (Å²) in [6.07, 6.45) is 6.70. The van der Waals surface area contributed by atoms with Crippen molar-refractivity contribution < 1.29 is 9.59 Å². The molecule has 0 atom stereocenters. The van der Waals surface area contributed by atoms with E-state index in [0.29, 0.717) is 22.8 Å². The van der Waals surface area contributed by atoms with Crippen molar-refractivity contribution in [3.05, 3.63) is 35.8 Å². The minimum absolute atomic E-state index is 0.159. The molecule has 150 valence electrons. The molecule has 0 unspecified atom stereocenters. The Labute approximate surface area is 166 Å². The second kappa shape index (κ2) is 6.87. The Morgan fingerprint density at radius 3 is 2.83 bits per heavy atom. The number of amides is 2. The largest absolute Gasteiger partial charge is 0.353 e. The van der Waals surface area contributed by atoms with Crippen molar-refractivity contribution in [2.24, 2.45) is 13.0 Å². The minimum Gasteiger partial charge on any atom is -0.353 e. The van der Waals surface area contributed by atoms with Crippen LogP contribution in [0.5, 0.6) is 0 Å².